The normalized spacial score (nSPS) is 12.5. The van der Waals surface area contributed by atoms with Gasteiger partial charge in [-0.3, -0.25) is 9.48 Å². The van der Waals surface area contributed by atoms with E-state index < -0.39 is 0 Å². The summed E-state index contributed by atoms with van der Waals surface area (Å²) in [6.07, 6.45) is 2.79. The SMILES string of the molecule is CCc1nn(C)c(NC(=O)CCc2ccc3c(c2)OCO3)c1CC. The van der Waals surface area contributed by atoms with E-state index in [1.54, 1.807) is 4.68 Å². The van der Waals surface area contributed by atoms with Crippen molar-refractivity contribution in [1.29, 1.82) is 0 Å². The summed E-state index contributed by atoms with van der Waals surface area (Å²) in [5.41, 5.74) is 3.23. The third-order valence-corrected chi connectivity index (χ3v) is 4.25. The number of hydrogen-bond donors (Lipinski definition) is 1. The lowest BCUT2D eigenvalue weighted by Crippen LogP contribution is -2.16. The number of rotatable bonds is 6. The fraction of sp³-hybridized carbons (Fsp3) is 0.444. The second-order valence-electron chi connectivity index (χ2n) is 5.84. The number of aromatic nitrogens is 2. The monoisotopic (exact) mass is 329 g/mol. The van der Waals surface area contributed by atoms with Crippen LogP contribution in [0.4, 0.5) is 5.82 Å². The average Bonchev–Trinajstić information content (AvgIpc) is 3.17. The van der Waals surface area contributed by atoms with Crippen LogP contribution in [0.2, 0.25) is 0 Å². The van der Waals surface area contributed by atoms with Crippen LogP contribution in [0.5, 0.6) is 11.5 Å². The number of aryl methyl sites for hydroxylation is 3. The van der Waals surface area contributed by atoms with E-state index in [9.17, 15) is 4.79 Å². The Morgan fingerprint density at radius 1 is 1.25 bits per heavy atom. The molecule has 1 aromatic heterocycles. The van der Waals surface area contributed by atoms with Gasteiger partial charge in [-0.2, -0.15) is 5.10 Å². The van der Waals surface area contributed by atoms with Crippen molar-refractivity contribution in [2.24, 2.45) is 7.05 Å². The number of benzene rings is 1. The molecule has 1 amide bonds. The van der Waals surface area contributed by atoms with E-state index in [-0.39, 0.29) is 12.7 Å². The van der Waals surface area contributed by atoms with Crippen molar-refractivity contribution in [1.82, 2.24) is 9.78 Å². The number of hydrogen-bond acceptors (Lipinski definition) is 4. The first-order valence-electron chi connectivity index (χ1n) is 8.35. The highest BCUT2D eigenvalue weighted by molar-refractivity contribution is 5.90. The molecule has 2 heterocycles. The van der Waals surface area contributed by atoms with Gasteiger partial charge < -0.3 is 14.8 Å². The van der Waals surface area contributed by atoms with Crippen LogP contribution >= 0.6 is 0 Å². The van der Waals surface area contributed by atoms with Gasteiger partial charge >= 0.3 is 0 Å². The largest absolute Gasteiger partial charge is 0.454 e. The van der Waals surface area contributed by atoms with Gasteiger partial charge in [-0.25, -0.2) is 0 Å². The van der Waals surface area contributed by atoms with Gasteiger partial charge in [-0.05, 0) is 37.0 Å². The van der Waals surface area contributed by atoms with Crippen LogP contribution in [0.1, 0.15) is 37.1 Å². The van der Waals surface area contributed by atoms with Gasteiger partial charge in [-0.1, -0.05) is 19.9 Å². The molecule has 0 spiro atoms. The van der Waals surface area contributed by atoms with Crippen LogP contribution in [0.3, 0.4) is 0 Å². The lowest BCUT2D eigenvalue weighted by atomic mass is 10.1. The molecular weight excluding hydrogens is 306 g/mol. The Labute approximate surface area is 141 Å². The fourth-order valence-electron chi connectivity index (χ4n) is 2.98. The number of anilines is 1. The van der Waals surface area contributed by atoms with Crippen LogP contribution in [0, 0.1) is 0 Å². The molecule has 0 unspecified atom stereocenters. The summed E-state index contributed by atoms with van der Waals surface area (Å²) >= 11 is 0. The minimum absolute atomic E-state index is 0.00646. The van der Waals surface area contributed by atoms with Crippen molar-refractivity contribution in [3.05, 3.63) is 35.0 Å². The zero-order chi connectivity index (χ0) is 17.1. The molecule has 3 rings (SSSR count). The Morgan fingerprint density at radius 3 is 2.79 bits per heavy atom. The van der Waals surface area contributed by atoms with Gasteiger partial charge in [0.1, 0.15) is 5.82 Å². The summed E-state index contributed by atoms with van der Waals surface area (Å²) in [6.45, 7) is 4.42. The number of carbonyl (C=O) groups is 1. The fourth-order valence-corrected chi connectivity index (χ4v) is 2.98. The maximum absolute atomic E-state index is 12.3. The van der Waals surface area contributed by atoms with Gasteiger partial charge in [-0.15, -0.1) is 0 Å². The Kier molecular flexibility index (Phi) is 4.74. The van der Waals surface area contributed by atoms with Crippen LogP contribution in [0.15, 0.2) is 18.2 Å². The van der Waals surface area contributed by atoms with Gasteiger partial charge in [0.15, 0.2) is 11.5 Å². The third kappa shape index (κ3) is 3.22. The molecule has 0 bridgehead atoms. The summed E-state index contributed by atoms with van der Waals surface area (Å²) < 4.78 is 12.4. The van der Waals surface area contributed by atoms with Crippen LogP contribution in [-0.4, -0.2) is 22.5 Å². The van der Waals surface area contributed by atoms with E-state index in [1.807, 2.05) is 25.2 Å². The maximum Gasteiger partial charge on any atom is 0.231 e. The minimum atomic E-state index is -0.00646. The molecule has 0 saturated carbocycles. The maximum atomic E-state index is 12.3. The predicted octanol–water partition coefficient (Wildman–Crippen LogP) is 2.84. The summed E-state index contributed by atoms with van der Waals surface area (Å²) in [5.74, 6) is 2.32. The van der Waals surface area contributed by atoms with Crippen molar-refractivity contribution in [3.8, 4) is 11.5 Å². The molecule has 24 heavy (non-hydrogen) atoms. The van der Waals surface area contributed by atoms with Crippen molar-refractivity contribution in [2.45, 2.75) is 39.5 Å². The lowest BCUT2D eigenvalue weighted by Gasteiger charge is -2.08. The van der Waals surface area contributed by atoms with E-state index in [1.165, 1.54) is 0 Å². The van der Waals surface area contributed by atoms with Crippen molar-refractivity contribution >= 4 is 11.7 Å². The average molecular weight is 329 g/mol. The molecule has 0 fully saturated rings. The molecule has 1 aromatic carbocycles. The first kappa shape index (κ1) is 16.4. The molecule has 0 aliphatic carbocycles. The topological polar surface area (TPSA) is 65.4 Å². The summed E-state index contributed by atoms with van der Waals surface area (Å²) in [5, 5.41) is 7.49. The number of fused-ring (bicyclic) bond motifs is 1. The Hall–Kier alpha value is -2.50. The second-order valence-corrected chi connectivity index (χ2v) is 5.84. The number of carbonyl (C=O) groups excluding carboxylic acids is 1. The zero-order valence-electron chi connectivity index (χ0n) is 14.4. The lowest BCUT2D eigenvalue weighted by molar-refractivity contribution is -0.116. The van der Waals surface area contributed by atoms with Gasteiger partial charge in [0.25, 0.3) is 0 Å². The van der Waals surface area contributed by atoms with E-state index in [0.717, 1.165) is 47.0 Å². The van der Waals surface area contributed by atoms with Crippen molar-refractivity contribution in [3.63, 3.8) is 0 Å². The first-order chi connectivity index (χ1) is 11.6. The molecule has 1 aliphatic heterocycles. The van der Waals surface area contributed by atoms with Crippen LogP contribution < -0.4 is 14.8 Å². The number of ether oxygens (including phenoxy) is 2. The van der Waals surface area contributed by atoms with Gasteiger partial charge in [0, 0.05) is 19.0 Å². The Balaban J connectivity index is 1.63. The highest BCUT2D eigenvalue weighted by Gasteiger charge is 2.16. The van der Waals surface area contributed by atoms with E-state index >= 15 is 0 Å². The smallest absolute Gasteiger partial charge is 0.231 e. The quantitative estimate of drug-likeness (QED) is 0.885. The number of nitrogens with one attached hydrogen (secondary N) is 1. The molecule has 6 nitrogen and oxygen atoms in total. The molecule has 2 aromatic rings. The van der Waals surface area contributed by atoms with Gasteiger partial charge in [0.05, 0.1) is 5.69 Å². The minimum Gasteiger partial charge on any atom is -0.454 e. The first-order valence-corrected chi connectivity index (χ1v) is 8.35. The van der Waals surface area contributed by atoms with Crippen molar-refractivity contribution in [2.75, 3.05) is 12.1 Å². The highest BCUT2D eigenvalue weighted by atomic mass is 16.7. The Morgan fingerprint density at radius 2 is 2.04 bits per heavy atom. The van der Waals surface area contributed by atoms with Crippen LogP contribution in [0.25, 0.3) is 0 Å². The predicted molar refractivity (Wildman–Crippen MR) is 91.5 cm³/mol. The molecule has 0 saturated heterocycles. The molecule has 1 aliphatic rings. The van der Waals surface area contributed by atoms with E-state index in [4.69, 9.17) is 9.47 Å². The molecular formula is C18H23N3O3. The van der Waals surface area contributed by atoms with Crippen LogP contribution in [-0.2, 0) is 31.1 Å². The summed E-state index contributed by atoms with van der Waals surface area (Å²) in [7, 11) is 1.87. The van der Waals surface area contributed by atoms with E-state index in [0.29, 0.717) is 12.8 Å². The molecule has 128 valence electrons. The Bertz CT molecular complexity index is 752. The number of amides is 1. The van der Waals surface area contributed by atoms with E-state index in [2.05, 4.69) is 24.3 Å². The van der Waals surface area contributed by atoms with Crippen molar-refractivity contribution < 1.29 is 14.3 Å². The third-order valence-electron chi connectivity index (χ3n) is 4.25. The highest BCUT2D eigenvalue weighted by Crippen LogP contribution is 2.32. The number of nitrogens with zero attached hydrogens (tertiary/aromatic N) is 2. The molecule has 1 N–H and O–H groups in total. The summed E-state index contributed by atoms with van der Waals surface area (Å²) in [4.78, 5) is 12.3. The molecule has 6 heteroatoms. The summed E-state index contributed by atoms with van der Waals surface area (Å²) in [6, 6.07) is 5.79. The second kappa shape index (κ2) is 6.95. The van der Waals surface area contributed by atoms with Gasteiger partial charge in [0.2, 0.25) is 12.7 Å². The molecule has 0 atom stereocenters. The molecule has 0 radical (unpaired) electrons. The zero-order valence-corrected chi connectivity index (χ0v) is 14.4. The standard InChI is InChI=1S/C18H23N3O3/c1-4-13-14(5-2)20-21(3)18(13)19-17(22)9-7-12-6-8-15-16(10-12)24-11-23-15/h6,8,10H,4-5,7,9,11H2,1-3H3,(H,19,22).